The second kappa shape index (κ2) is 8.43. The zero-order valence-electron chi connectivity index (χ0n) is 16.5. The van der Waals surface area contributed by atoms with Crippen LogP contribution >= 0.6 is 0 Å². The minimum absolute atomic E-state index is 0.0546. The van der Waals surface area contributed by atoms with E-state index < -0.39 is 11.7 Å². The minimum atomic E-state index is -0.543. The van der Waals surface area contributed by atoms with Gasteiger partial charge in [0, 0.05) is 18.3 Å². The van der Waals surface area contributed by atoms with Gasteiger partial charge in [-0.1, -0.05) is 12.1 Å². The van der Waals surface area contributed by atoms with Crippen molar-refractivity contribution >= 4 is 17.8 Å². The number of ether oxygens (including phenoxy) is 1. The second-order valence-electron chi connectivity index (χ2n) is 7.99. The molecule has 2 N–H and O–H groups in total. The fourth-order valence-electron chi connectivity index (χ4n) is 3.24. The maximum Gasteiger partial charge on any atom is 0.407 e. The molecule has 0 radical (unpaired) electrons. The lowest BCUT2D eigenvalue weighted by atomic mass is 9.97. The summed E-state index contributed by atoms with van der Waals surface area (Å²) < 4.78 is 5.33. The van der Waals surface area contributed by atoms with Gasteiger partial charge < -0.3 is 20.3 Å². The third kappa shape index (κ3) is 5.93. The predicted octanol–water partition coefficient (Wildman–Crippen LogP) is 4.29. The van der Waals surface area contributed by atoms with Crippen LogP contribution in [0, 0.1) is 6.92 Å². The van der Waals surface area contributed by atoms with Crippen molar-refractivity contribution in [2.75, 3.05) is 11.9 Å². The highest BCUT2D eigenvalue weighted by molar-refractivity contribution is 5.89. The highest BCUT2D eigenvalue weighted by Gasteiger charge is 2.32. The SMILES string of the molecule is Cc1cccc(NC(=O)N2CCCC[C@H]2[C@@H](C)NC(=O)OC(C)(C)C)c1. The number of alkyl carbamates (subject to hydrolysis) is 1. The molecular formula is C20H31N3O3. The Balaban J connectivity index is 2.01. The molecule has 0 unspecified atom stereocenters. The summed E-state index contributed by atoms with van der Waals surface area (Å²) >= 11 is 0. The van der Waals surface area contributed by atoms with Crippen molar-refractivity contribution in [3.8, 4) is 0 Å². The summed E-state index contributed by atoms with van der Waals surface area (Å²) in [6, 6.07) is 7.37. The molecule has 26 heavy (non-hydrogen) atoms. The molecule has 2 atom stereocenters. The molecule has 0 aromatic heterocycles. The van der Waals surface area contributed by atoms with E-state index in [-0.39, 0.29) is 18.1 Å². The number of carbonyl (C=O) groups excluding carboxylic acids is 2. The number of likely N-dealkylation sites (tertiary alicyclic amines) is 1. The van der Waals surface area contributed by atoms with E-state index in [9.17, 15) is 9.59 Å². The zero-order valence-corrected chi connectivity index (χ0v) is 16.5. The van der Waals surface area contributed by atoms with Crippen LogP contribution in [0.2, 0.25) is 0 Å². The third-order valence-electron chi connectivity index (χ3n) is 4.40. The summed E-state index contributed by atoms with van der Waals surface area (Å²) in [5.41, 5.74) is 1.34. The number of urea groups is 1. The highest BCUT2D eigenvalue weighted by Crippen LogP contribution is 2.22. The second-order valence-corrected chi connectivity index (χ2v) is 7.99. The lowest BCUT2D eigenvalue weighted by Crippen LogP contribution is -2.55. The van der Waals surface area contributed by atoms with Gasteiger partial charge >= 0.3 is 12.1 Å². The Morgan fingerprint density at radius 3 is 2.65 bits per heavy atom. The number of carbonyl (C=O) groups is 2. The number of anilines is 1. The summed E-state index contributed by atoms with van der Waals surface area (Å²) in [6.45, 7) is 10.1. The molecule has 0 spiro atoms. The molecule has 1 fully saturated rings. The summed E-state index contributed by atoms with van der Waals surface area (Å²) in [7, 11) is 0. The average molecular weight is 361 g/mol. The van der Waals surface area contributed by atoms with Crippen molar-refractivity contribution < 1.29 is 14.3 Å². The lowest BCUT2D eigenvalue weighted by molar-refractivity contribution is 0.0465. The van der Waals surface area contributed by atoms with Crippen LogP contribution in [0.3, 0.4) is 0 Å². The van der Waals surface area contributed by atoms with Crippen LogP contribution < -0.4 is 10.6 Å². The minimum Gasteiger partial charge on any atom is -0.444 e. The number of benzene rings is 1. The van der Waals surface area contributed by atoms with Crippen LogP contribution in [0.4, 0.5) is 15.3 Å². The number of hydrogen-bond acceptors (Lipinski definition) is 3. The normalized spacial score (nSPS) is 18.8. The first kappa shape index (κ1) is 20.1. The molecule has 3 amide bonds. The maximum absolute atomic E-state index is 12.8. The van der Waals surface area contributed by atoms with Gasteiger partial charge in [0.15, 0.2) is 0 Å². The van der Waals surface area contributed by atoms with E-state index in [1.54, 1.807) is 0 Å². The first-order valence-electron chi connectivity index (χ1n) is 9.29. The van der Waals surface area contributed by atoms with E-state index in [1.807, 2.05) is 63.8 Å². The standard InChI is InChI=1S/C20H31N3O3/c1-14-9-8-10-16(13-14)22-18(24)23-12-7-6-11-17(23)15(2)21-19(25)26-20(3,4)5/h8-10,13,15,17H,6-7,11-12H2,1-5H3,(H,21,25)(H,22,24)/t15-,17+/m1/s1. The smallest absolute Gasteiger partial charge is 0.407 e. The van der Waals surface area contributed by atoms with Gasteiger partial charge in [-0.05, 0) is 71.6 Å². The molecule has 144 valence electrons. The van der Waals surface area contributed by atoms with Crippen molar-refractivity contribution in [1.82, 2.24) is 10.2 Å². The fourth-order valence-corrected chi connectivity index (χ4v) is 3.24. The average Bonchev–Trinajstić information content (AvgIpc) is 2.53. The first-order valence-corrected chi connectivity index (χ1v) is 9.29. The Morgan fingerprint density at radius 2 is 2.00 bits per heavy atom. The molecule has 0 bridgehead atoms. The van der Waals surface area contributed by atoms with E-state index in [2.05, 4.69) is 10.6 Å². The van der Waals surface area contributed by atoms with Crippen LogP contribution in [-0.4, -0.2) is 41.3 Å². The summed E-state index contributed by atoms with van der Waals surface area (Å²) in [5, 5.41) is 5.85. The van der Waals surface area contributed by atoms with Gasteiger partial charge in [0.05, 0.1) is 6.04 Å². The van der Waals surface area contributed by atoms with Crippen LogP contribution in [-0.2, 0) is 4.74 Å². The van der Waals surface area contributed by atoms with E-state index in [0.29, 0.717) is 6.54 Å². The van der Waals surface area contributed by atoms with Crippen LogP contribution in [0.15, 0.2) is 24.3 Å². The largest absolute Gasteiger partial charge is 0.444 e. The molecule has 6 heteroatoms. The monoisotopic (exact) mass is 361 g/mol. The summed E-state index contributed by atoms with van der Waals surface area (Å²) in [5.74, 6) is 0. The number of nitrogens with one attached hydrogen (secondary N) is 2. The summed E-state index contributed by atoms with van der Waals surface area (Å²) in [4.78, 5) is 26.7. The fraction of sp³-hybridized carbons (Fsp3) is 0.600. The van der Waals surface area contributed by atoms with Crippen molar-refractivity contribution in [2.24, 2.45) is 0 Å². The molecule has 1 heterocycles. The Labute approximate surface area is 156 Å². The predicted molar refractivity (Wildman–Crippen MR) is 103 cm³/mol. The van der Waals surface area contributed by atoms with Gasteiger partial charge in [-0.3, -0.25) is 0 Å². The van der Waals surface area contributed by atoms with Gasteiger partial charge in [-0.15, -0.1) is 0 Å². The molecule has 1 aromatic carbocycles. The Bertz CT molecular complexity index is 639. The third-order valence-corrected chi connectivity index (χ3v) is 4.40. The lowest BCUT2D eigenvalue weighted by Gasteiger charge is -2.39. The van der Waals surface area contributed by atoms with E-state index in [4.69, 9.17) is 4.74 Å². The number of amides is 3. The van der Waals surface area contributed by atoms with Crippen molar-refractivity contribution in [2.45, 2.75) is 71.6 Å². The number of aryl methyl sites for hydroxylation is 1. The van der Waals surface area contributed by atoms with Gasteiger partial charge in [0.1, 0.15) is 5.60 Å². The first-order chi connectivity index (χ1) is 12.2. The van der Waals surface area contributed by atoms with Crippen molar-refractivity contribution in [1.29, 1.82) is 0 Å². The van der Waals surface area contributed by atoms with Crippen LogP contribution in [0.5, 0.6) is 0 Å². The van der Waals surface area contributed by atoms with Gasteiger partial charge in [-0.2, -0.15) is 0 Å². The van der Waals surface area contributed by atoms with Gasteiger partial charge in [0.25, 0.3) is 0 Å². The quantitative estimate of drug-likeness (QED) is 0.843. The zero-order chi connectivity index (χ0) is 19.3. The van der Waals surface area contributed by atoms with E-state index >= 15 is 0 Å². The van der Waals surface area contributed by atoms with Gasteiger partial charge in [0.2, 0.25) is 0 Å². The molecule has 1 saturated heterocycles. The molecule has 0 saturated carbocycles. The highest BCUT2D eigenvalue weighted by atomic mass is 16.6. The van der Waals surface area contributed by atoms with E-state index in [0.717, 1.165) is 30.5 Å². The molecule has 0 aliphatic carbocycles. The Morgan fingerprint density at radius 1 is 1.27 bits per heavy atom. The van der Waals surface area contributed by atoms with Gasteiger partial charge in [-0.25, -0.2) is 9.59 Å². The summed E-state index contributed by atoms with van der Waals surface area (Å²) in [6.07, 6.45) is 2.42. The molecule has 6 nitrogen and oxygen atoms in total. The van der Waals surface area contributed by atoms with E-state index in [1.165, 1.54) is 0 Å². The number of rotatable bonds is 3. The molecule has 1 aliphatic rings. The van der Waals surface area contributed by atoms with Crippen molar-refractivity contribution in [3.05, 3.63) is 29.8 Å². The van der Waals surface area contributed by atoms with Crippen molar-refractivity contribution in [3.63, 3.8) is 0 Å². The topological polar surface area (TPSA) is 70.7 Å². The molecular weight excluding hydrogens is 330 g/mol. The number of hydrogen-bond donors (Lipinski definition) is 2. The molecule has 2 rings (SSSR count). The van der Waals surface area contributed by atoms with Crippen LogP contribution in [0.1, 0.15) is 52.5 Å². The molecule has 1 aromatic rings. The molecule has 1 aliphatic heterocycles. The Kier molecular flexibility index (Phi) is 6.51. The van der Waals surface area contributed by atoms with Crippen LogP contribution in [0.25, 0.3) is 0 Å². The maximum atomic E-state index is 12.8. The Hall–Kier alpha value is -2.24. The number of piperidine rings is 1. The number of nitrogens with zero attached hydrogens (tertiary/aromatic N) is 1.